The summed E-state index contributed by atoms with van der Waals surface area (Å²) in [5, 5.41) is 21.3. The summed E-state index contributed by atoms with van der Waals surface area (Å²) >= 11 is 0. The van der Waals surface area contributed by atoms with Gasteiger partial charge in [-0.3, -0.25) is 0 Å². The molecular formula is C17H13BO2. The molecule has 0 aromatic heterocycles. The fourth-order valence-corrected chi connectivity index (χ4v) is 3.22. The molecule has 0 radical (unpaired) electrons. The largest absolute Gasteiger partial charge is 0.488 e. The molecule has 3 aromatic rings. The van der Waals surface area contributed by atoms with Gasteiger partial charge < -0.3 is 10.0 Å². The summed E-state index contributed by atoms with van der Waals surface area (Å²) in [4.78, 5) is 0. The zero-order chi connectivity index (χ0) is 13.9. The van der Waals surface area contributed by atoms with Gasteiger partial charge in [-0.1, -0.05) is 48.5 Å². The lowest BCUT2D eigenvalue weighted by Gasteiger charge is -2.07. The fraction of sp³-hybridized carbons (Fsp3) is 0.0588. The first-order valence-corrected chi connectivity index (χ1v) is 6.70. The lowest BCUT2D eigenvalue weighted by Crippen LogP contribution is -2.29. The van der Waals surface area contributed by atoms with Crippen LogP contribution in [-0.2, 0) is 0 Å². The highest BCUT2D eigenvalue weighted by Crippen LogP contribution is 2.47. The van der Waals surface area contributed by atoms with E-state index in [2.05, 4.69) is 37.3 Å². The predicted molar refractivity (Wildman–Crippen MR) is 82.9 cm³/mol. The van der Waals surface area contributed by atoms with Crippen molar-refractivity contribution in [1.82, 2.24) is 0 Å². The summed E-state index contributed by atoms with van der Waals surface area (Å²) in [6.45, 7) is 2.10. The topological polar surface area (TPSA) is 40.5 Å². The second-order valence-corrected chi connectivity index (χ2v) is 5.34. The highest BCUT2D eigenvalue weighted by molar-refractivity contribution is 6.58. The number of hydrogen-bond donors (Lipinski definition) is 2. The van der Waals surface area contributed by atoms with E-state index in [1.54, 1.807) is 6.07 Å². The molecule has 0 unspecified atom stereocenters. The first-order valence-electron chi connectivity index (χ1n) is 6.70. The maximum absolute atomic E-state index is 9.39. The first-order chi connectivity index (χ1) is 9.66. The van der Waals surface area contributed by atoms with Crippen molar-refractivity contribution in [3.8, 4) is 22.3 Å². The summed E-state index contributed by atoms with van der Waals surface area (Å²) in [7, 11) is -1.43. The smallest absolute Gasteiger partial charge is 0.423 e. The van der Waals surface area contributed by atoms with Crippen LogP contribution in [0.5, 0.6) is 0 Å². The molecule has 0 atom stereocenters. The van der Waals surface area contributed by atoms with Crippen molar-refractivity contribution in [3.05, 3.63) is 54.1 Å². The number of rotatable bonds is 1. The molecular weight excluding hydrogens is 247 g/mol. The second-order valence-electron chi connectivity index (χ2n) is 5.34. The molecule has 0 fully saturated rings. The van der Waals surface area contributed by atoms with Crippen molar-refractivity contribution >= 4 is 23.4 Å². The molecule has 0 amide bonds. The van der Waals surface area contributed by atoms with E-state index in [1.165, 1.54) is 33.0 Å². The molecule has 0 spiro atoms. The molecule has 0 aliphatic heterocycles. The van der Waals surface area contributed by atoms with Gasteiger partial charge in [0, 0.05) is 0 Å². The van der Waals surface area contributed by atoms with E-state index in [0.29, 0.717) is 5.46 Å². The van der Waals surface area contributed by atoms with Gasteiger partial charge in [0.1, 0.15) is 0 Å². The van der Waals surface area contributed by atoms with Crippen molar-refractivity contribution in [3.63, 3.8) is 0 Å². The van der Waals surface area contributed by atoms with Crippen LogP contribution in [0.4, 0.5) is 0 Å². The molecule has 20 heavy (non-hydrogen) atoms. The van der Waals surface area contributed by atoms with Gasteiger partial charge in [0.05, 0.1) is 0 Å². The van der Waals surface area contributed by atoms with Gasteiger partial charge in [0.25, 0.3) is 0 Å². The third kappa shape index (κ3) is 1.42. The van der Waals surface area contributed by atoms with Crippen molar-refractivity contribution < 1.29 is 10.0 Å². The van der Waals surface area contributed by atoms with E-state index in [0.717, 1.165) is 5.56 Å². The summed E-state index contributed by atoms with van der Waals surface area (Å²) in [5.41, 5.74) is 6.47. The van der Waals surface area contributed by atoms with Crippen molar-refractivity contribution in [2.45, 2.75) is 6.92 Å². The Morgan fingerprint density at radius 2 is 1.70 bits per heavy atom. The third-order valence-corrected chi connectivity index (χ3v) is 4.16. The quantitative estimate of drug-likeness (QED) is 0.516. The van der Waals surface area contributed by atoms with E-state index in [1.807, 2.05) is 12.1 Å². The molecule has 0 saturated carbocycles. The molecule has 0 bridgehead atoms. The van der Waals surface area contributed by atoms with Gasteiger partial charge in [-0.05, 0) is 51.0 Å². The van der Waals surface area contributed by atoms with E-state index >= 15 is 0 Å². The average molecular weight is 260 g/mol. The minimum absolute atomic E-state index is 0.535. The van der Waals surface area contributed by atoms with Gasteiger partial charge in [-0.15, -0.1) is 0 Å². The molecule has 2 nitrogen and oxygen atoms in total. The van der Waals surface area contributed by atoms with Crippen LogP contribution in [0.15, 0.2) is 48.5 Å². The Balaban J connectivity index is 2.15. The van der Waals surface area contributed by atoms with E-state index < -0.39 is 7.12 Å². The maximum atomic E-state index is 9.39. The van der Waals surface area contributed by atoms with Crippen LogP contribution in [0.25, 0.3) is 33.0 Å². The highest BCUT2D eigenvalue weighted by Gasteiger charge is 2.24. The maximum Gasteiger partial charge on any atom is 0.488 e. The van der Waals surface area contributed by atoms with Crippen LogP contribution in [0.2, 0.25) is 0 Å². The van der Waals surface area contributed by atoms with Crippen LogP contribution < -0.4 is 5.46 Å². The van der Waals surface area contributed by atoms with E-state index in [4.69, 9.17) is 0 Å². The van der Waals surface area contributed by atoms with Crippen molar-refractivity contribution in [2.75, 3.05) is 0 Å². The SMILES string of the molecule is Cc1ccc2cccc3c2c1-c1cc(B(O)O)ccc1-3. The molecule has 96 valence electrons. The van der Waals surface area contributed by atoms with Gasteiger partial charge in [-0.25, -0.2) is 0 Å². The number of benzene rings is 3. The Hall–Kier alpha value is -2.10. The summed E-state index contributed by atoms with van der Waals surface area (Å²) < 4.78 is 0. The minimum Gasteiger partial charge on any atom is -0.423 e. The van der Waals surface area contributed by atoms with Gasteiger partial charge in [0.2, 0.25) is 0 Å². The Bertz CT molecular complexity index is 853. The van der Waals surface area contributed by atoms with Crippen molar-refractivity contribution in [1.29, 1.82) is 0 Å². The zero-order valence-electron chi connectivity index (χ0n) is 11.1. The normalized spacial score (nSPS) is 11.8. The summed E-state index contributed by atoms with van der Waals surface area (Å²) in [5.74, 6) is 0. The predicted octanol–water partition coefficient (Wildman–Crippen LogP) is 2.48. The molecule has 2 N–H and O–H groups in total. The number of fused-ring (bicyclic) bond motifs is 3. The standard InChI is InChI=1S/C17H13BO2/c1-10-5-6-11-3-2-4-14-13-8-7-12(18(19)20)9-15(13)16(10)17(11)14/h2-9,19-20H,1H3. The molecule has 0 saturated heterocycles. The summed E-state index contributed by atoms with van der Waals surface area (Å²) in [6.07, 6.45) is 0. The Morgan fingerprint density at radius 1 is 0.850 bits per heavy atom. The first kappa shape index (κ1) is 11.7. The lowest BCUT2D eigenvalue weighted by molar-refractivity contribution is 0.426. The monoisotopic (exact) mass is 260 g/mol. The van der Waals surface area contributed by atoms with Gasteiger partial charge >= 0.3 is 7.12 Å². The van der Waals surface area contributed by atoms with Gasteiger partial charge in [-0.2, -0.15) is 0 Å². The lowest BCUT2D eigenvalue weighted by atomic mass is 9.78. The fourth-order valence-electron chi connectivity index (χ4n) is 3.22. The zero-order valence-corrected chi connectivity index (χ0v) is 11.1. The number of aryl methyl sites for hydroxylation is 1. The Labute approximate surface area is 117 Å². The van der Waals surface area contributed by atoms with E-state index in [9.17, 15) is 10.0 Å². The molecule has 1 aliphatic rings. The Morgan fingerprint density at radius 3 is 2.50 bits per heavy atom. The van der Waals surface area contributed by atoms with Crippen LogP contribution >= 0.6 is 0 Å². The molecule has 0 heterocycles. The van der Waals surface area contributed by atoms with Crippen LogP contribution in [0.3, 0.4) is 0 Å². The number of hydrogen-bond acceptors (Lipinski definition) is 2. The average Bonchev–Trinajstić information content (AvgIpc) is 2.79. The molecule has 1 aliphatic carbocycles. The van der Waals surface area contributed by atoms with Gasteiger partial charge in [0.15, 0.2) is 0 Å². The van der Waals surface area contributed by atoms with E-state index in [-0.39, 0.29) is 0 Å². The second kappa shape index (κ2) is 3.95. The minimum atomic E-state index is -1.43. The third-order valence-electron chi connectivity index (χ3n) is 4.16. The Kier molecular flexibility index (Phi) is 2.31. The van der Waals surface area contributed by atoms with Crippen LogP contribution in [-0.4, -0.2) is 17.2 Å². The molecule has 3 aromatic carbocycles. The van der Waals surface area contributed by atoms with Crippen molar-refractivity contribution in [2.24, 2.45) is 0 Å². The summed E-state index contributed by atoms with van der Waals surface area (Å²) in [6, 6.07) is 16.2. The van der Waals surface area contributed by atoms with Crippen LogP contribution in [0.1, 0.15) is 5.56 Å². The van der Waals surface area contributed by atoms with Crippen LogP contribution in [0, 0.1) is 6.92 Å². The highest BCUT2D eigenvalue weighted by atomic mass is 16.4. The molecule has 3 heteroatoms. The molecule has 4 rings (SSSR count).